The molecule has 3 heteroatoms. The minimum absolute atomic E-state index is 0.292. The van der Waals surface area contributed by atoms with E-state index in [4.69, 9.17) is 5.73 Å². The van der Waals surface area contributed by atoms with Crippen LogP contribution in [0, 0.1) is 11.8 Å². The summed E-state index contributed by atoms with van der Waals surface area (Å²) in [6.07, 6.45) is 6.62. The van der Waals surface area contributed by atoms with Crippen molar-refractivity contribution >= 4 is 0 Å². The van der Waals surface area contributed by atoms with Gasteiger partial charge in [-0.1, -0.05) is 13.8 Å². The molecule has 1 heterocycles. The van der Waals surface area contributed by atoms with Gasteiger partial charge in [-0.15, -0.1) is 0 Å². The molecule has 4 atom stereocenters. The Labute approximate surface area is 119 Å². The molecule has 1 saturated heterocycles. The van der Waals surface area contributed by atoms with Crippen molar-refractivity contribution in [3.8, 4) is 0 Å². The first kappa shape index (κ1) is 15.3. The standard InChI is InChI=1S/C16H33N3/c1-13-7-8-16(12-17,10-14(13)2)19-9-5-6-15(11-19)18(3)4/h13-15H,5-12,17H2,1-4H3. The maximum absolute atomic E-state index is 6.24. The van der Waals surface area contributed by atoms with Gasteiger partial charge in [-0.3, -0.25) is 4.90 Å². The lowest BCUT2D eigenvalue weighted by atomic mass is 9.70. The number of likely N-dealkylation sites (tertiary alicyclic amines) is 1. The number of hydrogen-bond donors (Lipinski definition) is 1. The van der Waals surface area contributed by atoms with Crippen LogP contribution in [0.3, 0.4) is 0 Å². The average Bonchev–Trinajstić information content (AvgIpc) is 2.42. The van der Waals surface area contributed by atoms with Gasteiger partial charge in [0.2, 0.25) is 0 Å². The molecule has 112 valence electrons. The number of rotatable bonds is 3. The number of nitrogens with zero attached hydrogens (tertiary/aromatic N) is 2. The zero-order chi connectivity index (χ0) is 14.0. The van der Waals surface area contributed by atoms with E-state index in [1.165, 1.54) is 45.2 Å². The molecule has 1 aliphatic heterocycles. The lowest BCUT2D eigenvalue weighted by Gasteiger charge is -2.52. The van der Waals surface area contributed by atoms with Gasteiger partial charge in [0.15, 0.2) is 0 Å². The fraction of sp³-hybridized carbons (Fsp3) is 1.00. The molecule has 1 saturated carbocycles. The maximum Gasteiger partial charge on any atom is 0.0335 e. The molecule has 19 heavy (non-hydrogen) atoms. The highest BCUT2D eigenvalue weighted by atomic mass is 15.3. The Hall–Kier alpha value is -0.120. The van der Waals surface area contributed by atoms with Crippen LogP contribution >= 0.6 is 0 Å². The van der Waals surface area contributed by atoms with E-state index in [0.29, 0.717) is 11.6 Å². The van der Waals surface area contributed by atoms with E-state index < -0.39 is 0 Å². The van der Waals surface area contributed by atoms with Gasteiger partial charge in [0.05, 0.1) is 0 Å². The average molecular weight is 267 g/mol. The summed E-state index contributed by atoms with van der Waals surface area (Å²) in [7, 11) is 4.43. The molecule has 2 rings (SSSR count). The summed E-state index contributed by atoms with van der Waals surface area (Å²) in [5, 5.41) is 0. The predicted octanol–water partition coefficient (Wildman–Crippen LogP) is 2.17. The van der Waals surface area contributed by atoms with Crippen molar-refractivity contribution in [3.05, 3.63) is 0 Å². The van der Waals surface area contributed by atoms with Crippen LogP contribution < -0.4 is 5.73 Å². The Morgan fingerprint density at radius 3 is 2.53 bits per heavy atom. The molecule has 0 spiro atoms. The SMILES string of the molecule is CC1CCC(CN)(N2CCCC(N(C)C)C2)CC1C. The summed E-state index contributed by atoms with van der Waals surface area (Å²) in [5.41, 5.74) is 6.54. The van der Waals surface area contributed by atoms with Crippen LogP contribution in [0.25, 0.3) is 0 Å². The van der Waals surface area contributed by atoms with E-state index in [9.17, 15) is 0 Å². The Kier molecular flexibility index (Phi) is 4.91. The Bertz CT molecular complexity index is 292. The van der Waals surface area contributed by atoms with E-state index in [1.54, 1.807) is 0 Å². The van der Waals surface area contributed by atoms with Crippen LogP contribution in [-0.2, 0) is 0 Å². The third-order valence-corrected chi connectivity index (χ3v) is 5.92. The van der Waals surface area contributed by atoms with Crippen LogP contribution in [0.4, 0.5) is 0 Å². The highest BCUT2D eigenvalue weighted by molar-refractivity contribution is 4.99. The number of hydrogen-bond acceptors (Lipinski definition) is 3. The molecule has 2 fully saturated rings. The first-order valence-corrected chi connectivity index (χ1v) is 8.10. The molecule has 0 bridgehead atoms. The lowest BCUT2D eigenvalue weighted by molar-refractivity contribution is -0.0121. The first-order chi connectivity index (χ1) is 8.98. The van der Waals surface area contributed by atoms with Gasteiger partial charge < -0.3 is 10.6 Å². The van der Waals surface area contributed by atoms with Crippen LogP contribution in [0.1, 0.15) is 46.0 Å². The van der Waals surface area contributed by atoms with Gasteiger partial charge >= 0.3 is 0 Å². The fourth-order valence-electron chi connectivity index (χ4n) is 4.09. The van der Waals surface area contributed by atoms with Crippen LogP contribution in [0.15, 0.2) is 0 Å². The summed E-state index contributed by atoms with van der Waals surface area (Å²) in [4.78, 5) is 5.13. The summed E-state index contributed by atoms with van der Waals surface area (Å²) in [6.45, 7) is 8.13. The Morgan fingerprint density at radius 2 is 1.95 bits per heavy atom. The van der Waals surface area contributed by atoms with Crippen LogP contribution in [0.5, 0.6) is 0 Å². The zero-order valence-corrected chi connectivity index (χ0v) is 13.4. The number of nitrogens with two attached hydrogens (primary N) is 1. The molecule has 0 aromatic rings. The molecule has 3 nitrogen and oxygen atoms in total. The topological polar surface area (TPSA) is 32.5 Å². The molecule has 0 amide bonds. The van der Waals surface area contributed by atoms with E-state index in [2.05, 4.69) is 37.7 Å². The third kappa shape index (κ3) is 3.14. The Balaban J connectivity index is 2.08. The summed E-state index contributed by atoms with van der Waals surface area (Å²) in [5.74, 6) is 1.69. The number of piperidine rings is 1. The molecule has 0 radical (unpaired) electrons. The quantitative estimate of drug-likeness (QED) is 0.850. The second-order valence-electron chi connectivity index (χ2n) is 7.33. The first-order valence-electron chi connectivity index (χ1n) is 8.10. The minimum Gasteiger partial charge on any atom is -0.329 e. The van der Waals surface area contributed by atoms with Gasteiger partial charge in [-0.2, -0.15) is 0 Å². The second kappa shape index (κ2) is 6.11. The van der Waals surface area contributed by atoms with E-state index in [-0.39, 0.29) is 0 Å². The monoisotopic (exact) mass is 267 g/mol. The summed E-state index contributed by atoms with van der Waals surface area (Å²) >= 11 is 0. The fourth-order valence-corrected chi connectivity index (χ4v) is 4.09. The largest absolute Gasteiger partial charge is 0.329 e. The van der Waals surface area contributed by atoms with E-state index >= 15 is 0 Å². The van der Waals surface area contributed by atoms with E-state index in [1.807, 2.05) is 0 Å². The van der Waals surface area contributed by atoms with Crippen LogP contribution in [-0.4, -0.2) is 55.1 Å². The van der Waals surface area contributed by atoms with Gasteiger partial charge in [0, 0.05) is 24.7 Å². The minimum atomic E-state index is 0.292. The van der Waals surface area contributed by atoms with Crippen molar-refractivity contribution < 1.29 is 0 Å². The van der Waals surface area contributed by atoms with Crippen molar-refractivity contribution in [1.82, 2.24) is 9.80 Å². The molecule has 0 aromatic heterocycles. The van der Waals surface area contributed by atoms with Crippen molar-refractivity contribution in [2.75, 3.05) is 33.7 Å². The normalized spacial score (nSPS) is 41.7. The highest BCUT2D eigenvalue weighted by Crippen LogP contribution is 2.40. The third-order valence-electron chi connectivity index (χ3n) is 5.92. The van der Waals surface area contributed by atoms with Gasteiger partial charge in [0.1, 0.15) is 0 Å². The van der Waals surface area contributed by atoms with Crippen molar-refractivity contribution in [3.63, 3.8) is 0 Å². The second-order valence-corrected chi connectivity index (χ2v) is 7.33. The molecule has 2 aliphatic rings. The predicted molar refractivity (Wildman–Crippen MR) is 82.2 cm³/mol. The zero-order valence-electron chi connectivity index (χ0n) is 13.4. The maximum atomic E-state index is 6.24. The highest BCUT2D eigenvalue weighted by Gasteiger charge is 2.42. The molecule has 0 aromatic carbocycles. The van der Waals surface area contributed by atoms with Crippen molar-refractivity contribution in [2.24, 2.45) is 17.6 Å². The van der Waals surface area contributed by atoms with Gasteiger partial charge in [-0.05, 0) is 64.6 Å². The van der Waals surface area contributed by atoms with E-state index in [0.717, 1.165) is 18.4 Å². The van der Waals surface area contributed by atoms with Crippen molar-refractivity contribution in [2.45, 2.75) is 57.5 Å². The van der Waals surface area contributed by atoms with Crippen LogP contribution in [0.2, 0.25) is 0 Å². The molecule has 1 aliphatic carbocycles. The molecule has 4 unspecified atom stereocenters. The molecule has 2 N–H and O–H groups in total. The smallest absolute Gasteiger partial charge is 0.0335 e. The molecular formula is C16H33N3. The van der Waals surface area contributed by atoms with Gasteiger partial charge in [0.25, 0.3) is 0 Å². The Morgan fingerprint density at radius 1 is 1.21 bits per heavy atom. The summed E-state index contributed by atoms with van der Waals surface area (Å²) < 4.78 is 0. The molecular weight excluding hydrogens is 234 g/mol. The number of likely N-dealkylation sites (N-methyl/N-ethyl adjacent to an activating group) is 1. The van der Waals surface area contributed by atoms with Gasteiger partial charge in [-0.25, -0.2) is 0 Å². The lowest BCUT2D eigenvalue weighted by Crippen LogP contribution is -2.61. The summed E-state index contributed by atoms with van der Waals surface area (Å²) in [6, 6.07) is 0.715. The van der Waals surface area contributed by atoms with Crippen molar-refractivity contribution in [1.29, 1.82) is 0 Å².